The van der Waals surface area contributed by atoms with Gasteiger partial charge in [0.2, 0.25) is 5.91 Å². The topological polar surface area (TPSA) is 42.4 Å². The van der Waals surface area contributed by atoms with Crippen molar-refractivity contribution in [2.45, 2.75) is 33.7 Å². The van der Waals surface area contributed by atoms with Crippen LogP contribution in [-0.2, 0) is 17.8 Å². The second-order valence-corrected chi connectivity index (χ2v) is 6.87. The Morgan fingerprint density at radius 3 is 2.61 bits per heavy atom. The average Bonchev–Trinajstić information content (AvgIpc) is 2.69. The summed E-state index contributed by atoms with van der Waals surface area (Å²) in [5.74, 6) is -0.220. The van der Waals surface area contributed by atoms with Crippen LogP contribution in [0.2, 0.25) is 0 Å². The van der Waals surface area contributed by atoms with Crippen molar-refractivity contribution < 1.29 is 13.9 Å². The van der Waals surface area contributed by atoms with Gasteiger partial charge in [0, 0.05) is 24.2 Å². The van der Waals surface area contributed by atoms with Gasteiger partial charge < -0.3 is 9.64 Å². The second-order valence-electron chi connectivity index (χ2n) is 6.87. The van der Waals surface area contributed by atoms with Crippen LogP contribution < -0.4 is 4.74 Å². The Labute approximate surface area is 165 Å². The molecule has 0 saturated carbocycles. The van der Waals surface area contributed by atoms with Crippen molar-refractivity contribution in [2.75, 3.05) is 13.7 Å². The fraction of sp³-hybridized carbons (Fsp3) is 0.304. The number of hydrogen-bond donors (Lipinski definition) is 0. The number of aryl methyl sites for hydroxylation is 2. The highest BCUT2D eigenvalue weighted by atomic mass is 19.1. The number of carbonyl (C=O) groups excluding carboxylic acids is 1. The smallest absolute Gasteiger partial charge is 0.227 e. The lowest BCUT2D eigenvalue weighted by molar-refractivity contribution is -0.130. The predicted molar refractivity (Wildman–Crippen MR) is 109 cm³/mol. The summed E-state index contributed by atoms with van der Waals surface area (Å²) in [4.78, 5) is 19.4. The standard InChI is InChI=1S/C23H25FN2O2/c1-5-26(14-17-10-11-22(28-4)20(24)12-17)23(27)13-19-15(2)18-8-6-7-9-21(18)25-16(19)3/h6-12H,5,13-14H2,1-4H3. The molecular formula is C23H25FN2O2. The maximum absolute atomic E-state index is 14.0. The first-order valence-electron chi connectivity index (χ1n) is 9.39. The third kappa shape index (κ3) is 3.98. The van der Waals surface area contributed by atoms with E-state index in [0.29, 0.717) is 13.1 Å². The molecule has 0 saturated heterocycles. The van der Waals surface area contributed by atoms with Crippen LogP contribution in [0.5, 0.6) is 5.75 Å². The minimum atomic E-state index is -0.422. The summed E-state index contributed by atoms with van der Waals surface area (Å²) in [5.41, 5.74) is 4.59. The fourth-order valence-corrected chi connectivity index (χ4v) is 3.50. The number of methoxy groups -OCH3 is 1. The van der Waals surface area contributed by atoms with E-state index in [0.717, 1.165) is 33.3 Å². The lowest BCUT2D eigenvalue weighted by Crippen LogP contribution is -2.32. The van der Waals surface area contributed by atoms with Crippen molar-refractivity contribution in [3.05, 3.63) is 70.7 Å². The summed E-state index contributed by atoms with van der Waals surface area (Å²) in [5, 5.41) is 1.07. The summed E-state index contributed by atoms with van der Waals surface area (Å²) >= 11 is 0. The highest BCUT2D eigenvalue weighted by Gasteiger charge is 2.18. The number of carbonyl (C=O) groups is 1. The molecule has 0 aliphatic heterocycles. The molecular weight excluding hydrogens is 355 g/mol. The number of aromatic nitrogens is 1. The van der Waals surface area contributed by atoms with Crippen LogP contribution in [0.1, 0.15) is 29.3 Å². The van der Waals surface area contributed by atoms with Gasteiger partial charge in [-0.1, -0.05) is 24.3 Å². The van der Waals surface area contributed by atoms with Crippen molar-refractivity contribution in [2.24, 2.45) is 0 Å². The molecule has 2 aromatic carbocycles. The first-order chi connectivity index (χ1) is 13.4. The van der Waals surface area contributed by atoms with Gasteiger partial charge in [0.1, 0.15) is 0 Å². The largest absolute Gasteiger partial charge is 0.494 e. The molecule has 4 nitrogen and oxygen atoms in total. The number of pyridine rings is 1. The summed E-state index contributed by atoms with van der Waals surface area (Å²) in [7, 11) is 1.43. The van der Waals surface area contributed by atoms with Crippen molar-refractivity contribution in [3.8, 4) is 5.75 Å². The second kappa shape index (κ2) is 8.38. The number of benzene rings is 2. The Hall–Kier alpha value is -2.95. The average molecular weight is 380 g/mol. The first kappa shape index (κ1) is 19.8. The number of likely N-dealkylation sites (N-methyl/N-ethyl adjacent to an activating group) is 1. The zero-order valence-corrected chi connectivity index (χ0v) is 16.8. The minimum Gasteiger partial charge on any atom is -0.494 e. The van der Waals surface area contributed by atoms with E-state index in [1.807, 2.05) is 45.0 Å². The van der Waals surface area contributed by atoms with Crippen LogP contribution in [0.4, 0.5) is 4.39 Å². The molecule has 0 radical (unpaired) electrons. The zero-order chi connectivity index (χ0) is 20.3. The zero-order valence-electron chi connectivity index (χ0n) is 16.8. The molecule has 28 heavy (non-hydrogen) atoms. The van der Waals surface area contributed by atoms with Crippen molar-refractivity contribution in [3.63, 3.8) is 0 Å². The number of amides is 1. The number of hydrogen-bond acceptors (Lipinski definition) is 3. The number of rotatable bonds is 6. The molecule has 0 spiro atoms. The molecule has 146 valence electrons. The minimum absolute atomic E-state index is 0.00186. The van der Waals surface area contributed by atoms with Crippen LogP contribution in [0.3, 0.4) is 0 Å². The van der Waals surface area contributed by atoms with Gasteiger partial charge in [-0.25, -0.2) is 4.39 Å². The van der Waals surface area contributed by atoms with E-state index in [4.69, 9.17) is 4.74 Å². The molecule has 3 aromatic rings. The maximum atomic E-state index is 14.0. The summed E-state index contributed by atoms with van der Waals surface area (Å²) in [6.07, 6.45) is 0.280. The maximum Gasteiger partial charge on any atom is 0.227 e. The van der Waals surface area contributed by atoms with Crippen LogP contribution >= 0.6 is 0 Å². The summed E-state index contributed by atoms with van der Waals surface area (Å²) in [6.45, 7) is 6.81. The van der Waals surface area contributed by atoms with Gasteiger partial charge in [-0.2, -0.15) is 0 Å². The van der Waals surface area contributed by atoms with Gasteiger partial charge in [-0.05, 0) is 55.7 Å². The van der Waals surface area contributed by atoms with Crippen LogP contribution in [0.25, 0.3) is 10.9 Å². The first-order valence-corrected chi connectivity index (χ1v) is 9.39. The lowest BCUT2D eigenvalue weighted by Gasteiger charge is -2.22. The highest BCUT2D eigenvalue weighted by molar-refractivity contribution is 5.86. The molecule has 3 rings (SSSR count). The molecule has 0 aliphatic carbocycles. The Kier molecular flexibility index (Phi) is 5.93. The van der Waals surface area contributed by atoms with E-state index in [1.165, 1.54) is 13.2 Å². The van der Waals surface area contributed by atoms with Gasteiger partial charge >= 0.3 is 0 Å². The Morgan fingerprint density at radius 1 is 1.18 bits per heavy atom. The molecule has 0 atom stereocenters. The van der Waals surface area contributed by atoms with Gasteiger partial charge in [0.25, 0.3) is 0 Å². The van der Waals surface area contributed by atoms with Gasteiger partial charge in [0.15, 0.2) is 11.6 Å². The molecule has 1 aromatic heterocycles. The molecule has 0 bridgehead atoms. The molecule has 0 unspecified atom stereocenters. The van der Waals surface area contributed by atoms with E-state index in [1.54, 1.807) is 17.0 Å². The number of para-hydroxylation sites is 1. The van der Waals surface area contributed by atoms with E-state index >= 15 is 0 Å². The molecule has 5 heteroatoms. The third-order valence-corrected chi connectivity index (χ3v) is 5.14. The van der Waals surface area contributed by atoms with Crippen LogP contribution in [-0.4, -0.2) is 29.4 Å². The molecule has 0 fully saturated rings. The Bertz CT molecular complexity index is 1020. The molecule has 1 amide bonds. The van der Waals surface area contributed by atoms with Crippen molar-refractivity contribution in [1.29, 1.82) is 0 Å². The van der Waals surface area contributed by atoms with E-state index in [9.17, 15) is 9.18 Å². The third-order valence-electron chi connectivity index (χ3n) is 5.14. The van der Waals surface area contributed by atoms with Crippen molar-refractivity contribution in [1.82, 2.24) is 9.88 Å². The van der Waals surface area contributed by atoms with E-state index < -0.39 is 5.82 Å². The van der Waals surface area contributed by atoms with E-state index in [2.05, 4.69) is 4.98 Å². The Morgan fingerprint density at radius 2 is 1.93 bits per heavy atom. The normalized spacial score (nSPS) is 10.9. The van der Waals surface area contributed by atoms with Crippen LogP contribution in [0.15, 0.2) is 42.5 Å². The SMILES string of the molecule is CCN(Cc1ccc(OC)c(F)c1)C(=O)Cc1c(C)nc2ccccc2c1C. The van der Waals surface area contributed by atoms with Gasteiger partial charge in [0.05, 0.1) is 19.0 Å². The summed E-state index contributed by atoms with van der Waals surface area (Å²) < 4.78 is 18.9. The number of halogens is 1. The number of fused-ring (bicyclic) bond motifs is 1. The Balaban J connectivity index is 1.83. The number of ether oxygens (including phenoxy) is 1. The predicted octanol–water partition coefficient (Wildman–Crippen LogP) is 4.59. The molecule has 0 N–H and O–H groups in total. The summed E-state index contributed by atoms with van der Waals surface area (Å²) in [6, 6.07) is 12.7. The van der Waals surface area contributed by atoms with E-state index in [-0.39, 0.29) is 18.1 Å². The molecule has 0 aliphatic rings. The number of nitrogens with zero attached hydrogens (tertiary/aromatic N) is 2. The fourth-order valence-electron chi connectivity index (χ4n) is 3.50. The van der Waals surface area contributed by atoms with Crippen molar-refractivity contribution >= 4 is 16.8 Å². The molecule has 1 heterocycles. The highest BCUT2D eigenvalue weighted by Crippen LogP contribution is 2.24. The van der Waals surface area contributed by atoms with Gasteiger partial charge in [-0.15, -0.1) is 0 Å². The monoisotopic (exact) mass is 380 g/mol. The van der Waals surface area contributed by atoms with Crippen LogP contribution in [0, 0.1) is 19.7 Å². The quantitative estimate of drug-likeness (QED) is 0.628. The van der Waals surface area contributed by atoms with Gasteiger partial charge in [-0.3, -0.25) is 9.78 Å². The lowest BCUT2D eigenvalue weighted by atomic mass is 9.99.